The molecular formula is C14H25N3O2. The van der Waals surface area contributed by atoms with Gasteiger partial charge in [0.05, 0.1) is 31.8 Å². The van der Waals surface area contributed by atoms with Crippen LogP contribution in [-0.4, -0.2) is 42.5 Å². The molecule has 1 aliphatic rings. The molecule has 108 valence electrons. The van der Waals surface area contributed by atoms with Crippen LogP contribution in [0.4, 0.5) is 0 Å². The SMILES string of the molecule is COCCOCCn1cncc1C1CCCC(C)N1. The molecule has 0 bridgehead atoms. The lowest BCUT2D eigenvalue weighted by atomic mass is 9.97. The summed E-state index contributed by atoms with van der Waals surface area (Å²) in [6, 6.07) is 1.03. The summed E-state index contributed by atoms with van der Waals surface area (Å²) in [4.78, 5) is 4.28. The normalized spacial score (nSPS) is 23.7. The van der Waals surface area contributed by atoms with Gasteiger partial charge in [0, 0.05) is 31.9 Å². The highest BCUT2D eigenvalue weighted by atomic mass is 16.5. The Balaban J connectivity index is 1.83. The third kappa shape index (κ3) is 4.30. The van der Waals surface area contributed by atoms with E-state index in [1.54, 1.807) is 7.11 Å². The molecule has 0 aromatic carbocycles. The largest absolute Gasteiger partial charge is 0.382 e. The van der Waals surface area contributed by atoms with Gasteiger partial charge >= 0.3 is 0 Å². The van der Waals surface area contributed by atoms with Crippen LogP contribution in [0, 0.1) is 0 Å². The molecule has 1 aromatic rings. The molecule has 5 heteroatoms. The highest BCUT2D eigenvalue weighted by Crippen LogP contribution is 2.25. The Hall–Kier alpha value is -0.910. The van der Waals surface area contributed by atoms with Crippen LogP contribution in [0.1, 0.15) is 37.9 Å². The maximum Gasteiger partial charge on any atom is 0.0949 e. The van der Waals surface area contributed by atoms with Crippen molar-refractivity contribution in [2.45, 2.75) is 44.8 Å². The molecule has 2 atom stereocenters. The molecule has 0 saturated carbocycles. The van der Waals surface area contributed by atoms with E-state index in [9.17, 15) is 0 Å². The first kappa shape index (κ1) is 14.5. The van der Waals surface area contributed by atoms with E-state index in [4.69, 9.17) is 9.47 Å². The van der Waals surface area contributed by atoms with E-state index >= 15 is 0 Å². The van der Waals surface area contributed by atoms with Gasteiger partial charge in [-0.25, -0.2) is 4.98 Å². The van der Waals surface area contributed by atoms with Gasteiger partial charge in [-0.15, -0.1) is 0 Å². The van der Waals surface area contributed by atoms with Crippen molar-refractivity contribution < 1.29 is 9.47 Å². The zero-order valence-corrected chi connectivity index (χ0v) is 12.0. The van der Waals surface area contributed by atoms with Crippen molar-refractivity contribution in [1.29, 1.82) is 0 Å². The lowest BCUT2D eigenvalue weighted by molar-refractivity contribution is 0.0661. The Morgan fingerprint density at radius 2 is 2.26 bits per heavy atom. The maximum absolute atomic E-state index is 5.52. The zero-order valence-electron chi connectivity index (χ0n) is 12.0. The number of hydrogen-bond acceptors (Lipinski definition) is 4. The van der Waals surface area contributed by atoms with Gasteiger partial charge in [-0.3, -0.25) is 0 Å². The second-order valence-corrected chi connectivity index (χ2v) is 5.17. The van der Waals surface area contributed by atoms with E-state index in [1.165, 1.54) is 25.0 Å². The van der Waals surface area contributed by atoms with E-state index in [1.807, 2.05) is 12.5 Å². The lowest BCUT2D eigenvalue weighted by Crippen LogP contribution is -2.35. The average molecular weight is 267 g/mol. The van der Waals surface area contributed by atoms with E-state index < -0.39 is 0 Å². The second-order valence-electron chi connectivity index (χ2n) is 5.17. The summed E-state index contributed by atoms with van der Waals surface area (Å²) in [6.45, 7) is 5.11. The Kier molecular flexibility index (Phi) is 5.82. The minimum atomic E-state index is 0.435. The summed E-state index contributed by atoms with van der Waals surface area (Å²) in [5.41, 5.74) is 1.28. The van der Waals surface area contributed by atoms with Crippen LogP contribution < -0.4 is 5.32 Å². The fourth-order valence-corrected chi connectivity index (χ4v) is 2.59. The number of rotatable bonds is 7. The molecule has 2 heterocycles. The molecule has 5 nitrogen and oxygen atoms in total. The first-order chi connectivity index (χ1) is 9.31. The standard InChI is InChI=1S/C14H25N3O2/c1-12-4-3-5-13(16-12)14-10-15-11-17(14)6-7-19-9-8-18-2/h10-13,16H,3-9H2,1-2H3. The fourth-order valence-electron chi connectivity index (χ4n) is 2.59. The molecule has 0 radical (unpaired) electrons. The summed E-state index contributed by atoms with van der Waals surface area (Å²) >= 11 is 0. The van der Waals surface area contributed by atoms with Crippen LogP contribution in [0.2, 0.25) is 0 Å². The molecule has 2 unspecified atom stereocenters. The topological polar surface area (TPSA) is 48.3 Å². The Morgan fingerprint density at radius 1 is 1.37 bits per heavy atom. The van der Waals surface area contributed by atoms with Gasteiger partial charge in [-0.1, -0.05) is 0 Å². The summed E-state index contributed by atoms with van der Waals surface area (Å²) in [7, 11) is 1.69. The number of piperidine rings is 1. The molecule has 19 heavy (non-hydrogen) atoms. The van der Waals surface area contributed by atoms with Gasteiger partial charge in [0.15, 0.2) is 0 Å². The smallest absolute Gasteiger partial charge is 0.0949 e. The van der Waals surface area contributed by atoms with Crippen molar-refractivity contribution in [3.8, 4) is 0 Å². The van der Waals surface area contributed by atoms with Crippen LogP contribution >= 0.6 is 0 Å². The summed E-state index contributed by atoms with van der Waals surface area (Å²) in [5, 5.41) is 3.65. The number of nitrogens with zero attached hydrogens (tertiary/aromatic N) is 2. The van der Waals surface area contributed by atoms with Crippen LogP contribution in [0.25, 0.3) is 0 Å². The summed E-state index contributed by atoms with van der Waals surface area (Å²) in [6.07, 6.45) is 7.63. The molecular weight excluding hydrogens is 242 g/mol. The number of ether oxygens (including phenoxy) is 2. The first-order valence-corrected chi connectivity index (χ1v) is 7.14. The van der Waals surface area contributed by atoms with E-state index in [0.717, 1.165) is 6.54 Å². The lowest BCUT2D eigenvalue weighted by Gasteiger charge is -2.29. The number of aromatic nitrogens is 2. The molecule has 0 spiro atoms. The van der Waals surface area contributed by atoms with Gasteiger partial charge in [0.1, 0.15) is 0 Å². The third-order valence-electron chi connectivity index (χ3n) is 3.63. The molecule has 1 saturated heterocycles. The quantitative estimate of drug-likeness (QED) is 0.765. The second kappa shape index (κ2) is 7.62. The Morgan fingerprint density at radius 3 is 3.05 bits per heavy atom. The molecule has 0 amide bonds. The predicted octanol–water partition coefficient (Wildman–Crippen LogP) is 1.75. The molecule has 2 rings (SSSR count). The first-order valence-electron chi connectivity index (χ1n) is 7.14. The number of imidazole rings is 1. The predicted molar refractivity (Wildman–Crippen MR) is 74.1 cm³/mol. The average Bonchev–Trinajstić information content (AvgIpc) is 2.87. The van der Waals surface area contributed by atoms with Crippen molar-refractivity contribution in [2.75, 3.05) is 26.9 Å². The van der Waals surface area contributed by atoms with Gasteiger partial charge in [-0.05, 0) is 26.2 Å². The highest BCUT2D eigenvalue weighted by Gasteiger charge is 2.21. The zero-order chi connectivity index (χ0) is 13.5. The van der Waals surface area contributed by atoms with Gasteiger partial charge in [0.2, 0.25) is 0 Å². The monoisotopic (exact) mass is 267 g/mol. The van der Waals surface area contributed by atoms with Gasteiger partial charge in [0.25, 0.3) is 0 Å². The number of methoxy groups -OCH3 is 1. The summed E-state index contributed by atoms with van der Waals surface area (Å²) < 4.78 is 12.7. The Bertz CT molecular complexity index is 367. The van der Waals surface area contributed by atoms with Crippen molar-refractivity contribution in [2.24, 2.45) is 0 Å². The van der Waals surface area contributed by atoms with Crippen molar-refractivity contribution >= 4 is 0 Å². The molecule has 1 fully saturated rings. The van der Waals surface area contributed by atoms with E-state index in [0.29, 0.717) is 31.9 Å². The minimum Gasteiger partial charge on any atom is -0.382 e. The van der Waals surface area contributed by atoms with Crippen molar-refractivity contribution in [3.63, 3.8) is 0 Å². The minimum absolute atomic E-state index is 0.435. The van der Waals surface area contributed by atoms with Crippen molar-refractivity contribution in [1.82, 2.24) is 14.9 Å². The van der Waals surface area contributed by atoms with Gasteiger partial charge in [-0.2, -0.15) is 0 Å². The van der Waals surface area contributed by atoms with E-state index in [-0.39, 0.29) is 0 Å². The van der Waals surface area contributed by atoms with E-state index in [2.05, 4.69) is 21.8 Å². The molecule has 0 aliphatic carbocycles. The van der Waals surface area contributed by atoms with Crippen LogP contribution in [-0.2, 0) is 16.0 Å². The fraction of sp³-hybridized carbons (Fsp3) is 0.786. The number of hydrogen-bond donors (Lipinski definition) is 1. The summed E-state index contributed by atoms with van der Waals surface area (Å²) in [5.74, 6) is 0. The van der Waals surface area contributed by atoms with Crippen LogP contribution in [0.5, 0.6) is 0 Å². The van der Waals surface area contributed by atoms with Crippen LogP contribution in [0.15, 0.2) is 12.5 Å². The van der Waals surface area contributed by atoms with Crippen molar-refractivity contribution in [3.05, 3.63) is 18.2 Å². The molecule has 1 aromatic heterocycles. The highest BCUT2D eigenvalue weighted by molar-refractivity contribution is 5.07. The number of nitrogens with one attached hydrogen (secondary N) is 1. The maximum atomic E-state index is 5.52. The van der Waals surface area contributed by atoms with Gasteiger partial charge < -0.3 is 19.4 Å². The molecule has 1 aliphatic heterocycles. The third-order valence-corrected chi connectivity index (χ3v) is 3.63. The molecule has 1 N–H and O–H groups in total. The Labute approximate surface area is 115 Å². The van der Waals surface area contributed by atoms with Crippen LogP contribution in [0.3, 0.4) is 0 Å².